The van der Waals surface area contributed by atoms with Gasteiger partial charge in [0.05, 0.1) is 0 Å². The van der Waals surface area contributed by atoms with E-state index in [1.54, 1.807) is 0 Å². The minimum Gasteiger partial charge on any atom is -0.343 e. The van der Waals surface area contributed by atoms with Gasteiger partial charge in [0.1, 0.15) is 5.54 Å². The average molecular weight is 392 g/mol. The van der Waals surface area contributed by atoms with E-state index in [9.17, 15) is 9.59 Å². The molecule has 2 fully saturated rings. The monoisotopic (exact) mass is 391 g/mol. The van der Waals surface area contributed by atoms with Crippen LogP contribution in [0.15, 0.2) is 4.52 Å². The summed E-state index contributed by atoms with van der Waals surface area (Å²) in [7, 11) is 0. The van der Waals surface area contributed by atoms with E-state index in [4.69, 9.17) is 10.3 Å². The molecule has 0 bridgehead atoms. The van der Waals surface area contributed by atoms with Crippen LogP contribution in [-0.4, -0.2) is 46.0 Å². The van der Waals surface area contributed by atoms with Gasteiger partial charge in [0.15, 0.2) is 5.82 Å². The number of carbonyl (C=O) groups is 2. The molecule has 3 rings (SSSR count). The summed E-state index contributed by atoms with van der Waals surface area (Å²) in [6.45, 7) is 4.95. The Bertz CT molecular complexity index is 681. The zero-order chi connectivity index (χ0) is 20.1. The molecule has 2 unspecified atom stereocenters. The minimum atomic E-state index is -0.550. The topological polar surface area (TPSA) is 114 Å². The van der Waals surface area contributed by atoms with Crippen LogP contribution < -0.4 is 11.1 Å². The molecule has 1 saturated carbocycles. The molecule has 2 amide bonds. The molecule has 2 heterocycles. The summed E-state index contributed by atoms with van der Waals surface area (Å²) >= 11 is 0. The summed E-state index contributed by atoms with van der Waals surface area (Å²) in [5, 5.41) is 7.26. The number of aryl methyl sites for hydroxylation is 1. The molecule has 156 valence electrons. The molecule has 1 aromatic heterocycles. The Hall–Kier alpha value is -1.96. The van der Waals surface area contributed by atoms with E-state index in [0.29, 0.717) is 37.0 Å². The van der Waals surface area contributed by atoms with Gasteiger partial charge in [-0.3, -0.25) is 9.59 Å². The molecule has 2 aliphatic rings. The second-order valence-corrected chi connectivity index (χ2v) is 8.42. The van der Waals surface area contributed by atoms with Crippen LogP contribution in [0.4, 0.5) is 0 Å². The van der Waals surface area contributed by atoms with E-state index in [1.807, 2.05) is 4.90 Å². The fourth-order valence-electron chi connectivity index (χ4n) is 4.64. The predicted octanol–water partition coefficient (Wildman–Crippen LogP) is 1.88. The van der Waals surface area contributed by atoms with Gasteiger partial charge in [-0.2, -0.15) is 4.98 Å². The van der Waals surface area contributed by atoms with Gasteiger partial charge in [-0.15, -0.1) is 0 Å². The molecule has 1 aliphatic heterocycles. The average Bonchev–Trinajstić information content (AvgIpc) is 3.22. The van der Waals surface area contributed by atoms with Crippen LogP contribution in [0.1, 0.15) is 76.9 Å². The molecule has 3 N–H and O–H groups in total. The summed E-state index contributed by atoms with van der Waals surface area (Å²) < 4.78 is 5.44. The molecular formula is C20H33N5O3. The van der Waals surface area contributed by atoms with Crippen LogP contribution in [0, 0.1) is 5.92 Å². The van der Waals surface area contributed by atoms with Crippen LogP contribution in [0.25, 0.3) is 0 Å². The molecule has 1 aromatic rings. The van der Waals surface area contributed by atoms with E-state index in [-0.39, 0.29) is 17.9 Å². The first-order chi connectivity index (χ1) is 13.4. The van der Waals surface area contributed by atoms with Crippen molar-refractivity contribution in [2.24, 2.45) is 11.7 Å². The Morgan fingerprint density at radius 3 is 2.61 bits per heavy atom. The second-order valence-electron chi connectivity index (χ2n) is 8.42. The van der Waals surface area contributed by atoms with Crippen molar-refractivity contribution in [2.75, 3.05) is 13.1 Å². The van der Waals surface area contributed by atoms with Crippen molar-refractivity contribution in [2.45, 2.75) is 83.2 Å². The third kappa shape index (κ3) is 4.71. The molecule has 0 aromatic carbocycles. The van der Waals surface area contributed by atoms with Gasteiger partial charge in [-0.1, -0.05) is 30.8 Å². The van der Waals surface area contributed by atoms with Crippen molar-refractivity contribution in [3.63, 3.8) is 0 Å². The Morgan fingerprint density at radius 1 is 1.29 bits per heavy atom. The normalized spacial score (nSPS) is 24.8. The van der Waals surface area contributed by atoms with Crippen molar-refractivity contribution in [3.05, 3.63) is 11.7 Å². The number of nitrogens with two attached hydrogens (primary N) is 1. The van der Waals surface area contributed by atoms with Gasteiger partial charge in [0, 0.05) is 32.4 Å². The van der Waals surface area contributed by atoms with E-state index in [1.165, 1.54) is 6.92 Å². The highest BCUT2D eigenvalue weighted by atomic mass is 16.5. The molecule has 0 radical (unpaired) electrons. The van der Waals surface area contributed by atoms with Crippen LogP contribution in [-0.2, 0) is 21.5 Å². The van der Waals surface area contributed by atoms with E-state index in [0.717, 1.165) is 51.5 Å². The third-order valence-electron chi connectivity index (χ3n) is 6.14. The smallest absolute Gasteiger partial charge is 0.227 e. The fraction of sp³-hybridized carbons (Fsp3) is 0.800. The first kappa shape index (κ1) is 20.8. The third-order valence-corrected chi connectivity index (χ3v) is 6.14. The van der Waals surface area contributed by atoms with E-state index in [2.05, 4.69) is 22.4 Å². The van der Waals surface area contributed by atoms with Gasteiger partial charge in [-0.25, -0.2) is 0 Å². The highest BCUT2D eigenvalue weighted by molar-refractivity contribution is 5.77. The molecule has 8 nitrogen and oxygen atoms in total. The van der Waals surface area contributed by atoms with Crippen LogP contribution in [0.2, 0.25) is 0 Å². The lowest BCUT2D eigenvalue weighted by Gasteiger charge is -2.30. The lowest BCUT2D eigenvalue weighted by Crippen LogP contribution is -2.45. The fourth-order valence-corrected chi connectivity index (χ4v) is 4.64. The Morgan fingerprint density at radius 2 is 2.00 bits per heavy atom. The zero-order valence-electron chi connectivity index (χ0n) is 17.1. The minimum absolute atomic E-state index is 0.0825. The van der Waals surface area contributed by atoms with Crippen LogP contribution >= 0.6 is 0 Å². The molecule has 8 heteroatoms. The summed E-state index contributed by atoms with van der Waals surface area (Å²) in [5.74, 6) is 1.42. The number of amides is 2. The summed E-state index contributed by atoms with van der Waals surface area (Å²) in [6.07, 6.45) is 7.71. The molecule has 1 saturated heterocycles. The summed E-state index contributed by atoms with van der Waals surface area (Å²) in [5.41, 5.74) is 5.20. The standard InChI is InChI=1S/C20H33N5O3/c1-14-11-16(12-21)13-25(14)18(27)8-7-17-22-19(24-28-17)20(23-15(2)26)9-5-3-4-6-10-20/h14,16H,3-13,21H2,1-2H3,(H,23,26). The summed E-state index contributed by atoms with van der Waals surface area (Å²) in [4.78, 5) is 30.9. The lowest BCUT2D eigenvalue weighted by atomic mass is 9.89. The van der Waals surface area contributed by atoms with Crippen LogP contribution in [0.3, 0.4) is 0 Å². The van der Waals surface area contributed by atoms with E-state index >= 15 is 0 Å². The van der Waals surface area contributed by atoms with Crippen molar-refractivity contribution in [3.8, 4) is 0 Å². The number of hydrogen-bond acceptors (Lipinski definition) is 6. The van der Waals surface area contributed by atoms with Crippen molar-refractivity contribution < 1.29 is 14.1 Å². The first-order valence-corrected chi connectivity index (χ1v) is 10.5. The predicted molar refractivity (Wildman–Crippen MR) is 104 cm³/mol. The van der Waals surface area contributed by atoms with Gasteiger partial charge >= 0.3 is 0 Å². The largest absolute Gasteiger partial charge is 0.343 e. The molecule has 28 heavy (non-hydrogen) atoms. The Labute approximate surface area is 166 Å². The van der Waals surface area contributed by atoms with Gasteiger partial charge in [-0.05, 0) is 38.6 Å². The van der Waals surface area contributed by atoms with Crippen molar-refractivity contribution in [1.82, 2.24) is 20.4 Å². The lowest BCUT2D eigenvalue weighted by molar-refractivity contribution is -0.131. The van der Waals surface area contributed by atoms with E-state index < -0.39 is 5.54 Å². The number of hydrogen-bond donors (Lipinski definition) is 2. The quantitative estimate of drug-likeness (QED) is 0.716. The molecular weight excluding hydrogens is 358 g/mol. The highest BCUT2D eigenvalue weighted by Gasteiger charge is 2.38. The maximum absolute atomic E-state index is 12.6. The van der Waals surface area contributed by atoms with Crippen LogP contribution in [0.5, 0.6) is 0 Å². The number of likely N-dealkylation sites (tertiary alicyclic amines) is 1. The number of nitrogens with one attached hydrogen (secondary N) is 1. The maximum atomic E-state index is 12.6. The van der Waals surface area contributed by atoms with Gasteiger partial charge in [0.25, 0.3) is 0 Å². The Kier molecular flexibility index (Phi) is 6.69. The molecule has 0 spiro atoms. The Balaban J connectivity index is 1.64. The van der Waals surface area contributed by atoms with Crippen molar-refractivity contribution >= 4 is 11.8 Å². The highest BCUT2D eigenvalue weighted by Crippen LogP contribution is 2.34. The number of aromatic nitrogens is 2. The second kappa shape index (κ2) is 9.03. The zero-order valence-corrected chi connectivity index (χ0v) is 17.1. The molecule has 1 aliphatic carbocycles. The SMILES string of the molecule is CC(=O)NC1(c2noc(CCC(=O)N3CC(CN)CC3C)n2)CCCCCC1. The van der Waals surface area contributed by atoms with Gasteiger partial charge < -0.3 is 20.5 Å². The molecule has 2 atom stereocenters. The number of nitrogens with zero attached hydrogens (tertiary/aromatic N) is 3. The maximum Gasteiger partial charge on any atom is 0.227 e. The van der Waals surface area contributed by atoms with Crippen molar-refractivity contribution in [1.29, 1.82) is 0 Å². The number of rotatable bonds is 6. The van der Waals surface area contributed by atoms with Gasteiger partial charge in [0.2, 0.25) is 17.7 Å². The summed E-state index contributed by atoms with van der Waals surface area (Å²) in [6, 6.07) is 0.230. The number of carbonyl (C=O) groups excluding carboxylic acids is 2. The first-order valence-electron chi connectivity index (χ1n) is 10.5.